The van der Waals surface area contributed by atoms with Crippen molar-refractivity contribution in [2.24, 2.45) is 5.73 Å². The minimum absolute atomic E-state index is 0.133. The Bertz CT molecular complexity index is 560. The molecule has 3 N–H and O–H groups in total. The van der Waals surface area contributed by atoms with E-state index in [1.807, 2.05) is 0 Å². The number of amides is 1. The zero-order chi connectivity index (χ0) is 14.8. The third-order valence-electron chi connectivity index (χ3n) is 2.69. The van der Waals surface area contributed by atoms with Gasteiger partial charge >= 0.3 is 0 Å². The van der Waals surface area contributed by atoms with Crippen molar-refractivity contribution in [3.8, 4) is 0 Å². The Hall–Kier alpha value is -1.38. The summed E-state index contributed by atoms with van der Waals surface area (Å²) in [5, 5.41) is 2.76. The van der Waals surface area contributed by atoms with Gasteiger partial charge in [-0.15, -0.1) is 0 Å². The van der Waals surface area contributed by atoms with Gasteiger partial charge in [0.2, 0.25) is 11.0 Å². The lowest BCUT2D eigenvalue weighted by atomic mass is 10.1. The first-order valence-electron chi connectivity index (χ1n) is 5.63. The SMILES string of the molecule is CN(C)S(=O)(=O)c1ccc(CNC(C)(C)C(N)=O)o1. The van der Waals surface area contributed by atoms with Crippen LogP contribution in [0.2, 0.25) is 0 Å². The maximum Gasteiger partial charge on any atom is 0.275 e. The molecule has 8 heteroatoms. The number of hydrogen-bond acceptors (Lipinski definition) is 5. The minimum atomic E-state index is -3.58. The summed E-state index contributed by atoms with van der Waals surface area (Å²) in [6.45, 7) is 3.48. The first-order valence-corrected chi connectivity index (χ1v) is 7.07. The van der Waals surface area contributed by atoms with Gasteiger partial charge in [-0.3, -0.25) is 10.1 Å². The van der Waals surface area contributed by atoms with E-state index < -0.39 is 21.5 Å². The van der Waals surface area contributed by atoms with E-state index in [1.165, 1.54) is 20.2 Å². The first-order chi connectivity index (χ1) is 8.57. The van der Waals surface area contributed by atoms with Gasteiger partial charge in [-0.05, 0) is 26.0 Å². The second-order valence-electron chi connectivity index (χ2n) is 4.85. The van der Waals surface area contributed by atoms with Crippen LogP contribution < -0.4 is 11.1 Å². The fourth-order valence-electron chi connectivity index (χ4n) is 1.17. The molecule has 0 aliphatic heterocycles. The molecule has 1 amide bonds. The number of furan rings is 1. The Morgan fingerprint density at radius 2 is 2.00 bits per heavy atom. The molecule has 0 saturated heterocycles. The minimum Gasteiger partial charge on any atom is -0.447 e. The molecule has 0 unspecified atom stereocenters. The molecule has 0 fully saturated rings. The van der Waals surface area contributed by atoms with Crippen LogP contribution in [0.3, 0.4) is 0 Å². The number of nitrogens with two attached hydrogens (primary N) is 1. The summed E-state index contributed by atoms with van der Waals surface area (Å²) in [4.78, 5) is 11.1. The van der Waals surface area contributed by atoms with E-state index in [9.17, 15) is 13.2 Å². The maximum atomic E-state index is 11.8. The molecule has 0 aliphatic carbocycles. The average Bonchev–Trinajstić information content (AvgIpc) is 2.75. The third-order valence-corrected chi connectivity index (χ3v) is 4.38. The van der Waals surface area contributed by atoms with Crippen molar-refractivity contribution in [3.05, 3.63) is 17.9 Å². The molecule has 19 heavy (non-hydrogen) atoms. The molecule has 1 aromatic rings. The van der Waals surface area contributed by atoms with Crippen molar-refractivity contribution in [2.45, 2.75) is 31.0 Å². The van der Waals surface area contributed by atoms with Gasteiger partial charge in [0.25, 0.3) is 10.0 Å². The topological polar surface area (TPSA) is 106 Å². The summed E-state index contributed by atoms with van der Waals surface area (Å²) in [7, 11) is -0.734. The summed E-state index contributed by atoms with van der Waals surface area (Å²) in [5.74, 6) is -0.0880. The molecule has 0 aliphatic rings. The number of nitrogens with one attached hydrogen (secondary N) is 1. The van der Waals surface area contributed by atoms with Crippen molar-refractivity contribution >= 4 is 15.9 Å². The van der Waals surface area contributed by atoms with Crippen molar-refractivity contribution in [1.29, 1.82) is 0 Å². The van der Waals surface area contributed by atoms with Crippen LogP contribution in [0.25, 0.3) is 0 Å². The number of carbonyl (C=O) groups is 1. The molecule has 0 spiro atoms. The standard InChI is InChI=1S/C11H19N3O4S/c1-11(2,10(12)15)13-7-8-5-6-9(18-8)19(16,17)14(3)4/h5-6,13H,7H2,1-4H3,(H2,12,15). The molecule has 1 heterocycles. The zero-order valence-electron chi connectivity index (χ0n) is 11.4. The van der Waals surface area contributed by atoms with Crippen LogP contribution in [-0.2, 0) is 21.4 Å². The Kier molecular flexibility index (Phi) is 4.39. The second-order valence-corrected chi connectivity index (χ2v) is 6.93. The summed E-state index contributed by atoms with van der Waals surface area (Å²) in [6.07, 6.45) is 0. The quantitative estimate of drug-likeness (QED) is 0.759. The van der Waals surface area contributed by atoms with Gasteiger partial charge in [0, 0.05) is 14.1 Å². The van der Waals surface area contributed by atoms with Gasteiger partial charge in [0.15, 0.2) is 0 Å². The highest BCUT2D eigenvalue weighted by atomic mass is 32.2. The molecule has 108 valence electrons. The second kappa shape index (κ2) is 5.32. The summed E-state index contributed by atoms with van der Waals surface area (Å²) >= 11 is 0. The van der Waals surface area contributed by atoms with Crippen molar-refractivity contribution < 1.29 is 17.6 Å². The Morgan fingerprint density at radius 1 is 1.42 bits per heavy atom. The molecule has 0 aromatic carbocycles. The summed E-state index contributed by atoms with van der Waals surface area (Å²) in [5.41, 5.74) is 4.32. The van der Waals surface area contributed by atoms with Crippen LogP contribution in [0.5, 0.6) is 0 Å². The molecule has 1 aromatic heterocycles. The normalized spacial score (nSPS) is 12.9. The number of rotatable bonds is 6. The molecule has 0 radical (unpaired) electrons. The van der Waals surface area contributed by atoms with E-state index in [2.05, 4.69) is 5.32 Å². The lowest BCUT2D eigenvalue weighted by Gasteiger charge is -2.21. The number of primary amides is 1. The molecule has 7 nitrogen and oxygen atoms in total. The zero-order valence-corrected chi connectivity index (χ0v) is 12.2. The van der Waals surface area contributed by atoms with Gasteiger partial charge in [-0.1, -0.05) is 0 Å². The number of carbonyl (C=O) groups excluding carboxylic acids is 1. The Balaban J connectivity index is 2.80. The van der Waals surface area contributed by atoms with Crippen LogP contribution in [0, 0.1) is 0 Å². The Labute approximate surface area is 112 Å². The van der Waals surface area contributed by atoms with E-state index in [0.717, 1.165) is 4.31 Å². The fourth-order valence-corrected chi connectivity index (χ4v) is 1.98. The monoisotopic (exact) mass is 289 g/mol. The van der Waals surface area contributed by atoms with Gasteiger partial charge in [-0.2, -0.15) is 0 Å². The molecule has 0 atom stereocenters. The van der Waals surface area contributed by atoms with Crippen LogP contribution in [0.1, 0.15) is 19.6 Å². The van der Waals surface area contributed by atoms with Crippen molar-refractivity contribution in [2.75, 3.05) is 14.1 Å². The van der Waals surface area contributed by atoms with Crippen LogP contribution in [0.4, 0.5) is 0 Å². The lowest BCUT2D eigenvalue weighted by Crippen LogP contribution is -2.50. The number of sulfonamides is 1. The smallest absolute Gasteiger partial charge is 0.275 e. The highest BCUT2D eigenvalue weighted by Crippen LogP contribution is 2.17. The van der Waals surface area contributed by atoms with Gasteiger partial charge in [0.1, 0.15) is 5.76 Å². The average molecular weight is 289 g/mol. The van der Waals surface area contributed by atoms with Crippen LogP contribution in [-0.4, -0.2) is 38.3 Å². The molecule has 1 rings (SSSR count). The lowest BCUT2D eigenvalue weighted by molar-refractivity contribution is -0.123. The van der Waals surface area contributed by atoms with E-state index >= 15 is 0 Å². The van der Waals surface area contributed by atoms with Gasteiger partial charge < -0.3 is 10.2 Å². The largest absolute Gasteiger partial charge is 0.447 e. The number of hydrogen-bond donors (Lipinski definition) is 2. The third kappa shape index (κ3) is 3.55. The first kappa shape index (κ1) is 15.7. The summed E-state index contributed by atoms with van der Waals surface area (Å²) in [6, 6.07) is 2.92. The van der Waals surface area contributed by atoms with Crippen LogP contribution in [0.15, 0.2) is 21.6 Å². The van der Waals surface area contributed by atoms with Gasteiger partial charge in [-0.25, -0.2) is 12.7 Å². The Morgan fingerprint density at radius 3 is 2.47 bits per heavy atom. The number of nitrogens with zero attached hydrogens (tertiary/aromatic N) is 1. The molecule has 0 bridgehead atoms. The van der Waals surface area contributed by atoms with E-state index in [1.54, 1.807) is 19.9 Å². The van der Waals surface area contributed by atoms with Crippen molar-refractivity contribution in [1.82, 2.24) is 9.62 Å². The van der Waals surface area contributed by atoms with Gasteiger partial charge in [0.05, 0.1) is 12.1 Å². The summed E-state index contributed by atoms with van der Waals surface area (Å²) < 4.78 is 29.9. The predicted octanol–water partition coefficient (Wildman–Crippen LogP) is -0.117. The van der Waals surface area contributed by atoms with Crippen molar-refractivity contribution in [3.63, 3.8) is 0 Å². The maximum absolute atomic E-state index is 11.8. The highest BCUT2D eigenvalue weighted by Gasteiger charge is 2.25. The molecular weight excluding hydrogens is 270 g/mol. The highest BCUT2D eigenvalue weighted by molar-refractivity contribution is 7.88. The van der Waals surface area contributed by atoms with Crippen LogP contribution >= 0.6 is 0 Å². The molecule has 0 saturated carbocycles. The van der Waals surface area contributed by atoms with E-state index in [4.69, 9.17) is 10.2 Å². The molecular formula is C11H19N3O4S. The predicted molar refractivity (Wildman–Crippen MR) is 69.7 cm³/mol. The fraction of sp³-hybridized carbons (Fsp3) is 0.545. The van der Waals surface area contributed by atoms with E-state index in [0.29, 0.717) is 5.76 Å². The van der Waals surface area contributed by atoms with E-state index in [-0.39, 0.29) is 11.6 Å².